The topological polar surface area (TPSA) is 111 Å². The molecule has 2 rings (SSSR count). The number of nitrogens with zero attached hydrogens (tertiary/aromatic N) is 2. The lowest BCUT2D eigenvalue weighted by atomic mass is 10.3. The molecule has 2 amide bonds. The maximum Gasteiger partial charge on any atom is 0.330 e. The molecule has 9 nitrogen and oxygen atoms in total. The zero-order valence-corrected chi connectivity index (χ0v) is 15.6. The first-order chi connectivity index (χ1) is 12.8. The molecule has 0 radical (unpaired) electrons. The zero-order valence-electron chi connectivity index (χ0n) is 14.8. The molecule has 0 saturated heterocycles. The van der Waals surface area contributed by atoms with Crippen LogP contribution < -0.4 is 26.6 Å². The van der Waals surface area contributed by atoms with E-state index in [0.717, 1.165) is 4.57 Å². The van der Waals surface area contributed by atoms with E-state index in [1.165, 1.54) is 24.7 Å². The van der Waals surface area contributed by atoms with Gasteiger partial charge in [-0.05, 0) is 24.3 Å². The van der Waals surface area contributed by atoms with Crippen molar-refractivity contribution in [2.24, 2.45) is 14.1 Å². The summed E-state index contributed by atoms with van der Waals surface area (Å²) in [4.78, 5) is 47.0. The van der Waals surface area contributed by atoms with Crippen molar-refractivity contribution >= 4 is 23.4 Å². The van der Waals surface area contributed by atoms with Gasteiger partial charge in [-0.2, -0.15) is 0 Å². The van der Waals surface area contributed by atoms with Gasteiger partial charge in [0, 0.05) is 30.9 Å². The highest BCUT2D eigenvalue weighted by molar-refractivity contribution is 6.30. The van der Waals surface area contributed by atoms with Crippen molar-refractivity contribution in [1.82, 2.24) is 19.8 Å². The minimum Gasteiger partial charge on any atom is -0.484 e. The Bertz CT molecular complexity index is 949. The quantitative estimate of drug-likeness (QED) is 0.660. The van der Waals surface area contributed by atoms with Crippen LogP contribution in [0.5, 0.6) is 5.75 Å². The highest BCUT2D eigenvalue weighted by Gasteiger charge is 2.09. The number of carbonyl (C=O) groups excluding carboxylic acids is 2. The summed E-state index contributed by atoms with van der Waals surface area (Å²) in [5.41, 5.74) is -0.594. The molecule has 27 heavy (non-hydrogen) atoms. The standard InChI is InChI=1S/C17H19ClN4O5/c1-21-12(7-16(25)22(2)17(21)26)8-19-14(23)9-20-15(24)10-27-13-5-3-11(18)4-6-13/h3-7H,8-10H2,1-2H3,(H,19,23)(H,20,24). The van der Waals surface area contributed by atoms with Gasteiger partial charge in [0.25, 0.3) is 11.5 Å². The van der Waals surface area contributed by atoms with Gasteiger partial charge in [-0.25, -0.2) is 4.79 Å². The van der Waals surface area contributed by atoms with Crippen molar-refractivity contribution in [3.63, 3.8) is 0 Å². The Labute approximate surface area is 159 Å². The molecule has 0 aliphatic heterocycles. The average molecular weight is 395 g/mol. The second kappa shape index (κ2) is 9.04. The van der Waals surface area contributed by atoms with Crippen LogP contribution in [0.4, 0.5) is 0 Å². The summed E-state index contributed by atoms with van der Waals surface area (Å²) in [7, 11) is 2.87. The highest BCUT2D eigenvalue weighted by atomic mass is 35.5. The van der Waals surface area contributed by atoms with Gasteiger partial charge in [-0.3, -0.25) is 23.5 Å². The monoisotopic (exact) mass is 394 g/mol. The molecule has 0 atom stereocenters. The summed E-state index contributed by atoms with van der Waals surface area (Å²) in [5.74, 6) is -0.463. The summed E-state index contributed by atoms with van der Waals surface area (Å²) >= 11 is 5.75. The molecule has 0 bridgehead atoms. The molecule has 0 spiro atoms. The number of carbonyl (C=O) groups is 2. The smallest absolute Gasteiger partial charge is 0.330 e. The van der Waals surface area contributed by atoms with Gasteiger partial charge in [-0.1, -0.05) is 11.6 Å². The highest BCUT2D eigenvalue weighted by Crippen LogP contribution is 2.15. The van der Waals surface area contributed by atoms with Gasteiger partial charge in [-0.15, -0.1) is 0 Å². The maximum absolute atomic E-state index is 11.8. The molecule has 0 aliphatic rings. The predicted octanol–water partition coefficient (Wildman–Crippen LogP) is -0.451. The molecule has 1 aromatic heterocycles. The number of hydrogen-bond donors (Lipinski definition) is 2. The lowest BCUT2D eigenvalue weighted by Gasteiger charge is -2.11. The SMILES string of the molecule is Cn1c(CNC(=O)CNC(=O)COc2ccc(Cl)cc2)cc(=O)n(C)c1=O. The van der Waals surface area contributed by atoms with Crippen LogP contribution in [0.15, 0.2) is 39.9 Å². The molecular formula is C17H19ClN4O5. The van der Waals surface area contributed by atoms with Gasteiger partial charge >= 0.3 is 5.69 Å². The minimum absolute atomic E-state index is 0.0161. The molecule has 1 heterocycles. The number of aromatic nitrogens is 2. The Balaban J connectivity index is 1.78. The van der Waals surface area contributed by atoms with Crippen molar-refractivity contribution in [1.29, 1.82) is 0 Å². The van der Waals surface area contributed by atoms with Crippen LogP contribution in [0.2, 0.25) is 5.02 Å². The second-order valence-corrected chi connectivity index (χ2v) is 6.11. The lowest BCUT2D eigenvalue weighted by molar-refractivity contribution is -0.127. The normalized spacial score (nSPS) is 10.3. The molecule has 0 fully saturated rings. The molecule has 2 aromatic rings. The van der Waals surface area contributed by atoms with E-state index >= 15 is 0 Å². The Morgan fingerprint density at radius 2 is 1.70 bits per heavy atom. The first kappa shape index (κ1) is 20.2. The first-order valence-corrected chi connectivity index (χ1v) is 8.33. The van der Waals surface area contributed by atoms with E-state index in [2.05, 4.69) is 10.6 Å². The summed E-state index contributed by atoms with van der Waals surface area (Å²) in [5, 5.41) is 5.50. The Kier molecular flexibility index (Phi) is 6.78. The second-order valence-electron chi connectivity index (χ2n) is 5.67. The van der Waals surface area contributed by atoms with Crippen LogP contribution in [0.25, 0.3) is 0 Å². The van der Waals surface area contributed by atoms with E-state index in [1.54, 1.807) is 24.3 Å². The fourth-order valence-electron chi connectivity index (χ4n) is 2.11. The number of ether oxygens (including phenoxy) is 1. The van der Waals surface area contributed by atoms with Gasteiger partial charge in [0.2, 0.25) is 5.91 Å². The Morgan fingerprint density at radius 3 is 2.37 bits per heavy atom. The molecule has 144 valence electrons. The van der Waals surface area contributed by atoms with Crippen molar-refractivity contribution in [3.8, 4) is 5.75 Å². The Hall–Kier alpha value is -3.07. The number of halogens is 1. The van der Waals surface area contributed by atoms with Gasteiger partial charge in [0.15, 0.2) is 6.61 Å². The van der Waals surface area contributed by atoms with Gasteiger partial charge in [0.05, 0.1) is 13.1 Å². The fraction of sp³-hybridized carbons (Fsp3) is 0.294. The van der Waals surface area contributed by atoms with Crippen LogP contribution in [0.1, 0.15) is 5.69 Å². The van der Waals surface area contributed by atoms with Gasteiger partial charge in [0.1, 0.15) is 5.75 Å². The zero-order chi connectivity index (χ0) is 20.0. The van der Waals surface area contributed by atoms with Crippen molar-refractivity contribution in [2.75, 3.05) is 13.2 Å². The number of benzene rings is 1. The number of nitrogens with one attached hydrogen (secondary N) is 2. The fourth-order valence-corrected chi connectivity index (χ4v) is 2.24. The predicted molar refractivity (Wildman–Crippen MR) is 98.7 cm³/mol. The Morgan fingerprint density at radius 1 is 1.04 bits per heavy atom. The van der Waals surface area contributed by atoms with Crippen molar-refractivity contribution < 1.29 is 14.3 Å². The van der Waals surface area contributed by atoms with Crippen LogP contribution >= 0.6 is 11.6 Å². The van der Waals surface area contributed by atoms with Crippen LogP contribution in [-0.4, -0.2) is 34.1 Å². The third-order valence-electron chi connectivity index (χ3n) is 3.72. The van der Waals surface area contributed by atoms with Crippen molar-refractivity contribution in [3.05, 3.63) is 61.9 Å². The molecule has 2 N–H and O–H groups in total. The molecule has 10 heteroatoms. The van der Waals surface area contributed by atoms with Crippen LogP contribution in [0.3, 0.4) is 0 Å². The van der Waals surface area contributed by atoms with E-state index < -0.39 is 23.1 Å². The molecular weight excluding hydrogens is 376 g/mol. The van der Waals surface area contributed by atoms with E-state index in [0.29, 0.717) is 16.5 Å². The first-order valence-electron chi connectivity index (χ1n) is 7.95. The van der Waals surface area contributed by atoms with Crippen molar-refractivity contribution in [2.45, 2.75) is 6.54 Å². The summed E-state index contributed by atoms with van der Waals surface area (Å²) in [6, 6.07) is 7.77. The van der Waals surface area contributed by atoms with Gasteiger partial charge < -0.3 is 15.4 Å². The number of rotatable bonds is 7. The molecule has 0 saturated carbocycles. The van der Waals surface area contributed by atoms with E-state index in [-0.39, 0.29) is 19.7 Å². The third-order valence-corrected chi connectivity index (χ3v) is 3.97. The average Bonchev–Trinajstić information content (AvgIpc) is 2.66. The largest absolute Gasteiger partial charge is 0.484 e. The number of amides is 2. The van der Waals surface area contributed by atoms with E-state index in [9.17, 15) is 19.2 Å². The van der Waals surface area contributed by atoms with E-state index in [4.69, 9.17) is 16.3 Å². The summed E-state index contributed by atoms with van der Waals surface area (Å²) < 4.78 is 7.49. The molecule has 0 aliphatic carbocycles. The van der Waals surface area contributed by atoms with Crippen LogP contribution in [0, 0.1) is 0 Å². The molecule has 0 unspecified atom stereocenters. The minimum atomic E-state index is -0.487. The summed E-state index contributed by atoms with van der Waals surface area (Å²) in [6.07, 6.45) is 0. The third kappa shape index (κ3) is 5.71. The lowest BCUT2D eigenvalue weighted by Crippen LogP contribution is -2.41. The van der Waals surface area contributed by atoms with E-state index in [1.807, 2.05) is 0 Å². The van der Waals surface area contributed by atoms with Crippen LogP contribution in [-0.2, 0) is 30.2 Å². The maximum atomic E-state index is 11.8. The number of hydrogen-bond acceptors (Lipinski definition) is 5. The molecule has 1 aromatic carbocycles. The summed E-state index contributed by atoms with van der Waals surface area (Å²) in [6.45, 7) is -0.530.